The first-order chi connectivity index (χ1) is 11.9. The predicted octanol–water partition coefficient (Wildman–Crippen LogP) is -1.21. The average molecular weight is 354 g/mol. The average Bonchev–Trinajstić information content (AvgIpc) is 2.83. The summed E-state index contributed by atoms with van der Waals surface area (Å²) in [4.78, 5) is 17.9. The molecule has 2 rings (SSSR count). The lowest BCUT2D eigenvalue weighted by Gasteiger charge is -2.23. The molecule has 0 aromatic carbocycles. The molecule has 0 radical (unpaired) electrons. The normalized spacial score (nSPS) is 28.1. The molecule has 1 aliphatic heterocycles. The third-order valence-electron chi connectivity index (χ3n) is 3.52. The summed E-state index contributed by atoms with van der Waals surface area (Å²) in [5, 5.41) is 31.1. The van der Waals surface area contributed by atoms with Gasteiger partial charge in [0.05, 0.1) is 18.8 Å². The van der Waals surface area contributed by atoms with Crippen LogP contribution in [0.15, 0.2) is 16.1 Å². The van der Waals surface area contributed by atoms with Gasteiger partial charge in [0.1, 0.15) is 11.9 Å². The third kappa shape index (κ3) is 3.41. The highest BCUT2D eigenvalue weighted by Gasteiger charge is 2.56. The summed E-state index contributed by atoms with van der Waals surface area (Å²) in [6, 6.07) is 0. The molecular formula is C13H15FN6O5. The Hall–Kier alpha value is -2.68. The molecule has 1 unspecified atom stereocenters. The summed E-state index contributed by atoms with van der Waals surface area (Å²) < 4.78 is 20.3. The van der Waals surface area contributed by atoms with E-state index in [1.54, 1.807) is 0 Å². The number of rotatable bonds is 4. The number of nitrogen functional groups attached to an aromatic ring is 1. The van der Waals surface area contributed by atoms with E-state index < -0.39 is 36.5 Å². The number of ether oxygens (including phenoxy) is 1. The van der Waals surface area contributed by atoms with Gasteiger partial charge in [-0.15, -0.1) is 0 Å². The Morgan fingerprint density at radius 2 is 2.32 bits per heavy atom. The van der Waals surface area contributed by atoms with Gasteiger partial charge in [-0.3, -0.25) is 4.57 Å². The van der Waals surface area contributed by atoms with Gasteiger partial charge in [-0.2, -0.15) is 4.98 Å². The number of aromatic nitrogens is 2. The molecule has 0 saturated carbocycles. The van der Waals surface area contributed by atoms with Gasteiger partial charge < -0.3 is 25.8 Å². The fourth-order valence-electron chi connectivity index (χ4n) is 2.25. The summed E-state index contributed by atoms with van der Waals surface area (Å²) in [5.41, 5.74) is 10.9. The second kappa shape index (κ2) is 7.47. The van der Waals surface area contributed by atoms with E-state index in [9.17, 15) is 19.4 Å². The summed E-state index contributed by atoms with van der Waals surface area (Å²) >= 11 is 0. The van der Waals surface area contributed by atoms with Crippen molar-refractivity contribution in [3.63, 3.8) is 0 Å². The molecule has 134 valence electrons. The summed E-state index contributed by atoms with van der Waals surface area (Å²) in [6.45, 7) is -1.19. The lowest BCUT2D eigenvalue weighted by Crippen LogP contribution is -2.43. The van der Waals surface area contributed by atoms with Crippen LogP contribution in [0.25, 0.3) is 10.4 Å². The Morgan fingerprint density at radius 3 is 2.92 bits per heavy atom. The van der Waals surface area contributed by atoms with Crippen LogP contribution in [0.4, 0.5) is 10.2 Å². The smallest absolute Gasteiger partial charge is 0.351 e. The molecule has 1 aliphatic rings. The molecule has 5 N–H and O–H groups in total. The van der Waals surface area contributed by atoms with Crippen LogP contribution in [-0.2, 0) is 4.74 Å². The number of halogens is 1. The van der Waals surface area contributed by atoms with E-state index in [1.807, 2.05) is 0 Å². The second-order valence-electron chi connectivity index (χ2n) is 5.10. The molecular weight excluding hydrogens is 339 g/mol. The molecule has 1 aromatic rings. The molecule has 12 heteroatoms. The third-order valence-corrected chi connectivity index (χ3v) is 3.52. The molecule has 0 bridgehead atoms. The summed E-state index contributed by atoms with van der Waals surface area (Å²) in [6.07, 6.45) is -4.70. The SMILES string of the molecule is [N-]=[N+]=N[C@]1(CO)O[C@@H](n2cc(C#CCCO)c(N)nc2=O)[C@@H](F)C1O. The van der Waals surface area contributed by atoms with Crippen molar-refractivity contribution in [2.45, 2.75) is 30.6 Å². The predicted molar refractivity (Wildman–Crippen MR) is 81.5 cm³/mol. The highest BCUT2D eigenvalue weighted by Crippen LogP contribution is 2.39. The minimum absolute atomic E-state index is 0.0728. The van der Waals surface area contributed by atoms with Crippen molar-refractivity contribution in [1.82, 2.24) is 9.55 Å². The highest BCUT2D eigenvalue weighted by atomic mass is 19.1. The maximum atomic E-state index is 14.4. The number of hydrogen-bond acceptors (Lipinski definition) is 8. The van der Waals surface area contributed by atoms with Crippen molar-refractivity contribution in [2.24, 2.45) is 5.11 Å². The molecule has 1 saturated heterocycles. The van der Waals surface area contributed by atoms with Crippen molar-refractivity contribution in [2.75, 3.05) is 18.9 Å². The Balaban J connectivity index is 2.48. The van der Waals surface area contributed by atoms with Crippen LogP contribution >= 0.6 is 0 Å². The van der Waals surface area contributed by atoms with Gasteiger partial charge in [0.15, 0.2) is 12.4 Å². The zero-order chi connectivity index (χ0) is 18.6. The van der Waals surface area contributed by atoms with E-state index in [0.29, 0.717) is 4.57 Å². The van der Waals surface area contributed by atoms with Crippen molar-refractivity contribution in [3.8, 4) is 11.8 Å². The lowest BCUT2D eigenvalue weighted by atomic mass is 10.1. The first-order valence-corrected chi connectivity index (χ1v) is 7.05. The molecule has 1 fully saturated rings. The molecule has 0 spiro atoms. The molecule has 0 amide bonds. The van der Waals surface area contributed by atoms with Crippen LogP contribution in [0, 0.1) is 11.8 Å². The first-order valence-electron chi connectivity index (χ1n) is 7.05. The fourth-order valence-corrected chi connectivity index (χ4v) is 2.25. The van der Waals surface area contributed by atoms with Crippen LogP contribution in [0.3, 0.4) is 0 Å². The fraction of sp³-hybridized carbons (Fsp3) is 0.538. The zero-order valence-electron chi connectivity index (χ0n) is 12.8. The van der Waals surface area contributed by atoms with Crippen LogP contribution in [0.1, 0.15) is 18.2 Å². The van der Waals surface area contributed by atoms with Gasteiger partial charge in [0.2, 0.25) is 5.72 Å². The first kappa shape index (κ1) is 18.7. The molecule has 4 atom stereocenters. The number of nitrogens with zero attached hydrogens (tertiary/aromatic N) is 5. The van der Waals surface area contributed by atoms with E-state index in [4.69, 9.17) is 21.1 Å². The number of hydrogen-bond donors (Lipinski definition) is 4. The Labute approximate surface area is 140 Å². The number of nitrogens with two attached hydrogens (primary N) is 1. The van der Waals surface area contributed by atoms with Gasteiger partial charge in [-0.25, -0.2) is 9.18 Å². The topological polar surface area (TPSA) is 180 Å². The summed E-state index contributed by atoms with van der Waals surface area (Å²) in [7, 11) is 0. The van der Waals surface area contributed by atoms with Gasteiger partial charge in [-0.1, -0.05) is 17.0 Å². The van der Waals surface area contributed by atoms with Gasteiger partial charge >= 0.3 is 5.69 Å². The van der Waals surface area contributed by atoms with Crippen LogP contribution in [0.5, 0.6) is 0 Å². The van der Waals surface area contributed by atoms with E-state index >= 15 is 0 Å². The Bertz CT molecular complexity index is 813. The molecule has 11 nitrogen and oxygen atoms in total. The minimum Gasteiger partial charge on any atom is -0.395 e. The van der Waals surface area contributed by atoms with Gasteiger partial charge in [0, 0.05) is 17.5 Å². The maximum absolute atomic E-state index is 14.4. The van der Waals surface area contributed by atoms with Gasteiger partial charge in [-0.05, 0) is 5.53 Å². The number of azide groups is 1. The van der Waals surface area contributed by atoms with Crippen LogP contribution < -0.4 is 11.4 Å². The van der Waals surface area contributed by atoms with Crippen molar-refractivity contribution in [1.29, 1.82) is 0 Å². The largest absolute Gasteiger partial charge is 0.395 e. The molecule has 1 aromatic heterocycles. The van der Waals surface area contributed by atoms with Crippen LogP contribution in [0.2, 0.25) is 0 Å². The monoisotopic (exact) mass is 354 g/mol. The number of alkyl halides is 1. The quantitative estimate of drug-likeness (QED) is 0.226. The van der Waals surface area contributed by atoms with Crippen LogP contribution in [-0.4, -0.2) is 56.1 Å². The Morgan fingerprint density at radius 1 is 1.60 bits per heavy atom. The zero-order valence-corrected chi connectivity index (χ0v) is 12.8. The minimum atomic E-state index is -2.28. The highest BCUT2D eigenvalue weighted by molar-refractivity contribution is 5.49. The van der Waals surface area contributed by atoms with Crippen molar-refractivity contribution in [3.05, 3.63) is 32.7 Å². The van der Waals surface area contributed by atoms with E-state index in [0.717, 1.165) is 6.20 Å². The lowest BCUT2D eigenvalue weighted by molar-refractivity contribution is -0.124. The maximum Gasteiger partial charge on any atom is 0.351 e. The summed E-state index contributed by atoms with van der Waals surface area (Å²) in [5.74, 6) is 4.93. The van der Waals surface area contributed by atoms with Crippen molar-refractivity contribution < 1.29 is 24.4 Å². The van der Waals surface area contributed by atoms with Crippen molar-refractivity contribution >= 4 is 5.82 Å². The number of aliphatic hydroxyl groups excluding tert-OH is 3. The second-order valence-corrected chi connectivity index (χ2v) is 5.10. The van der Waals surface area contributed by atoms with Gasteiger partial charge in [0.25, 0.3) is 0 Å². The number of aliphatic hydroxyl groups is 3. The number of anilines is 1. The molecule has 25 heavy (non-hydrogen) atoms. The van der Waals surface area contributed by atoms with E-state index in [2.05, 4.69) is 26.9 Å². The Kier molecular flexibility index (Phi) is 5.58. The van der Waals surface area contributed by atoms with E-state index in [-0.39, 0.29) is 24.4 Å². The molecule has 0 aliphatic carbocycles. The molecule has 2 heterocycles. The standard InChI is InChI=1S/C13H15FN6O5/c14-8-9(23)13(6-22,18-19-16)25-11(8)20-5-7(3-1-2-4-21)10(15)17-12(20)24/h5,8-9,11,21-23H,2,4,6H2,(H2,15,17,24)/t8-,9?,11+,13+/m0/s1. The van der Waals surface area contributed by atoms with E-state index in [1.165, 1.54) is 0 Å².